The van der Waals surface area contributed by atoms with Gasteiger partial charge in [-0.2, -0.15) is 0 Å². The molecule has 0 aliphatic heterocycles. The van der Waals surface area contributed by atoms with Gasteiger partial charge in [-0.25, -0.2) is 0 Å². The fourth-order valence-electron chi connectivity index (χ4n) is 9.29. The molecule has 2 unspecified atom stereocenters. The van der Waals surface area contributed by atoms with Gasteiger partial charge in [0, 0.05) is 12.8 Å². The minimum atomic E-state index is -0.850. The van der Waals surface area contributed by atoms with Crippen LogP contribution in [0, 0.1) is 0 Å². The van der Waals surface area contributed by atoms with E-state index in [9.17, 15) is 19.8 Å². The van der Waals surface area contributed by atoms with E-state index in [0.29, 0.717) is 19.4 Å². The molecular formula is C64H119NO5. The van der Waals surface area contributed by atoms with Crippen LogP contribution in [0.5, 0.6) is 0 Å². The van der Waals surface area contributed by atoms with Gasteiger partial charge >= 0.3 is 5.97 Å². The van der Waals surface area contributed by atoms with Gasteiger partial charge in [0.15, 0.2) is 0 Å². The Kier molecular flexibility index (Phi) is 57.5. The van der Waals surface area contributed by atoms with Crippen LogP contribution in [0.2, 0.25) is 0 Å². The van der Waals surface area contributed by atoms with E-state index in [2.05, 4.69) is 55.6 Å². The molecule has 0 spiro atoms. The summed E-state index contributed by atoms with van der Waals surface area (Å²) in [7, 11) is 0. The molecule has 0 aliphatic carbocycles. The van der Waals surface area contributed by atoms with Gasteiger partial charge in [-0.05, 0) is 83.5 Å². The molecule has 6 nitrogen and oxygen atoms in total. The molecule has 0 radical (unpaired) electrons. The molecule has 0 bridgehead atoms. The Morgan fingerprint density at radius 2 is 0.729 bits per heavy atom. The first-order chi connectivity index (χ1) is 34.5. The maximum absolute atomic E-state index is 12.5. The van der Waals surface area contributed by atoms with Crippen molar-refractivity contribution in [1.82, 2.24) is 5.32 Å². The number of carbonyl (C=O) groups excluding carboxylic acids is 2. The number of amides is 1. The number of aliphatic hydroxyl groups excluding tert-OH is 2. The van der Waals surface area contributed by atoms with Crippen molar-refractivity contribution in [3.8, 4) is 0 Å². The Labute approximate surface area is 436 Å². The summed E-state index contributed by atoms with van der Waals surface area (Å²) in [5.41, 5.74) is 0. The molecule has 0 saturated heterocycles. The van der Waals surface area contributed by atoms with Gasteiger partial charge in [0.2, 0.25) is 5.91 Å². The van der Waals surface area contributed by atoms with E-state index in [4.69, 9.17) is 4.74 Å². The molecule has 0 aliphatic rings. The van der Waals surface area contributed by atoms with Crippen LogP contribution in [0.25, 0.3) is 0 Å². The first-order valence-electron chi connectivity index (χ1n) is 30.9. The second-order valence-corrected chi connectivity index (χ2v) is 21.0. The van der Waals surface area contributed by atoms with Gasteiger partial charge in [-0.1, -0.05) is 274 Å². The Bertz CT molecular complexity index is 1180. The minimum absolute atomic E-state index is 0.00557. The predicted molar refractivity (Wildman–Crippen MR) is 306 cm³/mol. The lowest BCUT2D eigenvalue weighted by molar-refractivity contribution is -0.143. The van der Waals surface area contributed by atoms with Crippen molar-refractivity contribution in [2.24, 2.45) is 0 Å². The summed E-state index contributed by atoms with van der Waals surface area (Å²) in [6.07, 6.45) is 75.7. The molecule has 0 aromatic rings. The molecule has 3 N–H and O–H groups in total. The van der Waals surface area contributed by atoms with Gasteiger partial charge in [-0.3, -0.25) is 9.59 Å². The van der Waals surface area contributed by atoms with Gasteiger partial charge in [0.25, 0.3) is 0 Å². The van der Waals surface area contributed by atoms with Crippen molar-refractivity contribution in [2.75, 3.05) is 13.2 Å². The number of esters is 1. The summed E-state index contributed by atoms with van der Waals surface area (Å²) in [5, 5.41) is 23.2. The van der Waals surface area contributed by atoms with Crippen LogP contribution in [-0.2, 0) is 14.3 Å². The highest BCUT2D eigenvalue weighted by Gasteiger charge is 2.18. The lowest BCUT2D eigenvalue weighted by Crippen LogP contribution is -2.45. The van der Waals surface area contributed by atoms with Crippen molar-refractivity contribution >= 4 is 11.9 Å². The minimum Gasteiger partial charge on any atom is -0.466 e. The summed E-state index contributed by atoms with van der Waals surface area (Å²) in [6, 6.07) is -0.634. The van der Waals surface area contributed by atoms with E-state index in [1.165, 1.54) is 238 Å². The number of nitrogens with one attached hydrogen (secondary N) is 1. The predicted octanol–water partition coefficient (Wildman–Crippen LogP) is 19.4. The SMILES string of the molecule is CCCC/C=C\C/C=C\CCCCCCCC(=O)OCCCCCCCCCCCCC/C=C\CCCCCCCCCC(=O)NC(CO)C(O)/C=C/CCCCCCCCCCCCCCCCC. The van der Waals surface area contributed by atoms with E-state index in [1.54, 1.807) is 6.08 Å². The molecule has 0 fully saturated rings. The molecule has 0 aromatic carbocycles. The number of aliphatic hydroxyl groups is 2. The molecule has 410 valence electrons. The third-order valence-electron chi connectivity index (χ3n) is 14.1. The van der Waals surface area contributed by atoms with E-state index in [-0.39, 0.29) is 18.5 Å². The van der Waals surface area contributed by atoms with Crippen molar-refractivity contribution in [3.05, 3.63) is 48.6 Å². The number of rotatable bonds is 57. The highest BCUT2D eigenvalue weighted by atomic mass is 16.5. The third-order valence-corrected chi connectivity index (χ3v) is 14.1. The highest BCUT2D eigenvalue weighted by molar-refractivity contribution is 5.76. The molecule has 0 saturated carbocycles. The van der Waals surface area contributed by atoms with E-state index in [0.717, 1.165) is 57.8 Å². The molecule has 0 heterocycles. The molecule has 1 amide bonds. The van der Waals surface area contributed by atoms with Gasteiger partial charge in [0.05, 0.1) is 25.4 Å². The summed E-state index contributed by atoms with van der Waals surface area (Å²) < 4.78 is 5.47. The van der Waals surface area contributed by atoms with Gasteiger partial charge in [0.1, 0.15) is 0 Å². The lowest BCUT2D eigenvalue weighted by Gasteiger charge is -2.20. The van der Waals surface area contributed by atoms with Crippen molar-refractivity contribution in [1.29, 1.82) is 0 Å². The zero-order valence-corrected chi connectivity index (χ0v) is 46.7. The molecule has 0 rings (SSSR count). The molecular weight excluding hydrogens is 863 g/mol. The maximum atomic E-state index is 12.5. The quantitative estimate of drug-likeness (QED) is 0.0321. The van der Waals surface area contributed by atoms with Crippen molar-refractivity contribution in [3.63, 3.8) is 0 Å². The molecule has 6 heteroatoms. The summed E-state index contributed by atoms with van der Waals surface area (Å²) in [5.74, 6) is -0.0797. The molecule has 2 atom stereocenters. The third kappa shape index (κ3) is 55.1. The average molecular weight is 983 g/mol. The average Bonchev–Trinajstić information content (AvgIpc) is 3.36. The summed E-state index contributed by atoms with van der Waals surface area (Å²) in [6.45, 7) is 4.86. The number of carbonyl (C=O) groups is 2. The Balaban J connectivity index is 3.46. The second-order valence-electron chi connectivity index (χ2n) is 21.0. The van der Waals surface area contributed by atoms with Gasteiger partial charge < -0.3 is 20.3 Å². The highest BCUT2D eigenvalue weighted by Crippen LogP contribution is 2.17. The number of hydrogen-bond acceptors (Lipinski definition) is 5. The van der Waals surface area contributed by atoms with Gasteiger partial charge in [-0.15, -0.1) is 0 Å². The maximum Gasteiger partial charge on any atom is 0.305 e. The van der Waals surface area contributed by atoms with Crippen LogP contribution in [-0.4, -0.2) is 47.4 Å². The fourth-order valence-corrected chi connectivity index (χ4v) is 9.29. The van der Waals surface area contributed by atoms with Crippen LogP contribution >= 0.6 is 0 Å². The standard InChI is InChI=1S/C64H119NO5/c1-3-5-7-9-11-13-15-17-19-26-29-32-36-40-44-48-52-56-62(67)61(60-66)65-63(68)57-53-49-45-41-37-33-30-27-24-22-20-21-23-25-28-31-35-39-43-47-51-55-59-70-64(69)58-54-50-46-42-38-34-18-16-14-12-10-8-6-4-2/h10,12,16,18,22,24,52,56,61-62,66-67H,3-9,11,13-15,17,19-21,23,25-51,53-55,57-60H2,1-2H3,(H,65,68)/b12-10-,18-16-,24-22-,56-52+. The monoisotopic (exact) mass is 982 g/mol. The zero-order chi connectivity index (χ0) is 50.7. The van der Waals surface area contributed by atoms with Crippen LogP contribution < -0.4 is 5.32 Å². The van der Waals surface area contributed by atoms with E-state index < -0.39 is 12.1 Å². The van der Waals surface area contributed by atoms with Crippen molar-refractivity contribution in [2.45, 2.75) is 334 Å². The summed E-state index contributed by atoms with van der Waals surface area (Å²) in [4.78, 5) is 24.5. The summed E-state index contributed by atoms with van der Waals surface area (Å²) >= 11 is 0. The largest absolute Gasteiger partial charge is 0.466 e. The van der Waals surface area contributed by atoms with Crippen molar-refractivity contribution < 1.29 is 24.5 Å². The normalized spacial score (nSPS) is 12.9. The first-order valence-corrected chi connectivity index (χ1v) is 30.9. The van der Waals surface area contributed by atoms with E-state index >= 15 is 0 Å². The topological polar surface area (TPSA) is 95.9 Å². The molecule has 70 heavy (non-hydrogen) atoms. The van der Waals surface area contributed by atoms with Crippen LogP contribution in [0.1, 0.15) is 322 Å². The Hall–Kier alpha value is -2.18. The Morgan fingerprint density at radius 3 is 1.14 bits per heavy atom. The number of hydrogen-bond donors (Lipinski definition) is 3. The van der Waals surface area contributed by atoms with Crippen LogP contribution in [0.15, 0.2) is 48.6 Å². The Morgan fingerprint density at radius 1 is 0.400 bits per heavy atom. The fraction of sp³-hybridized carbons (Fsp3) is 0.844. The van der Waals surface area contributed by atoms with E-state index in [1.807, 2.05) is 6.08 Å². The lowest BCUT2D eigenvalue weighted by atomic mass is 10.0. The van der Waals surface area contributed by atoms with Crippen LogP contribution in [0.3, 0.4) is 0 Å². The number of allylic oxidation sites excluding steroid dienone is 7. The number of ether oxygens (including phenoxy) is 1. The second kappa shape index (κ2) is 59.4. The zero-order valence-electron chi connectivity index (χ0n) is 46.7. The number of unbranched alkanes of at least 4 members (excludes halogenated alkanes) is 40. The smallest absolute Gasteiger partial charge is 0.305 e. The van der Waals surface area contributed by atoms with Crippen LogP contribution in [0.4, 0.5) is 0 Å². The molecule has 0 aromatic heterocycles. The first kappa shape index (κ1) is 67.8.